The second-order valence-corrected chi connectivity index (χ2v) is 4.56. The molecule has 0 aliphatic rings. The van der Waals surface area contributed by atoms with Gasteiger partial charge < -0.3 is 10.3 Å². The van der Waals surface area contributed by atoms with Crippen LogP contribution in [-0.4, -0.2) is 26.2 Å². The van der Waals surface area contributed by atoms with Crippen LogP contribution >= 0.6 is 11.8 Å². The number of anilines is 2. The van der Waals surface area contributed by atoms with Gasteiger partial charge in [0.2, 0.25) is 0 Å². The monoisotopic (exact) mass is 257 g/mol. The fraction of sp³-hybridized carbons (Fsp3) is 0.0833. The molecular weight excluding hydrogens is 246 g/mol. The van der Waals surface area contributed by atoms with E-state index in [-0.39, 0.29) is 0 Å². The molecule has 0 bridgehead atoms. The first-order valence-electron chi connectivity index (χ1n) is 5.42. The molecule has 90 valence electrons. The van der Waals surface area contributed by atoms with Crippen LogP contribution in [0.15, 0.2) is 41.8 Å². The summed E-state index contributed by atoms with van der Waals surface area (Å²) in [5.41, 5.74) is 2.45. The van der Waals surface area contributed by atoms with Crippen molar-refractivity contribution in [1.29, 1.82) is 0 Å². The van der Waals surface area contributed by atoms with Crippen LogP contribution in [0.3, 0.4) is 0 Å². The second kappa shape index (κ2) is 4.66. The van der Waals surface area contributed by atoms with Gasteiger partial charge in [0.1, 0.15) is 6.33 Å². The fourth-order valence-corrected chi connectivity index (χ4v) is 2.08. The van der Waals surface area contributed by atoms with Crippen molar-refractivity contribution in [2.24, 2.45) is 0 Å². The number of aromatic amines is 1. The van der Waals surface area contributed by atoms with Crippen molar-refractivity contribution in [3.05, 3.63) is 36.9 Å². The summed E-state index contributed by atoms with van der Waals surface area (Å²) in [6.07, 6.45) is 5.18. The van der Waals surface area contributed by atoms with E-state index < -0.39 is 0 Å². The molecule has 0 aliphatic heterocycles. The highest BCUT2D eigenvalue weighted by Crippen LogP contribution is 2.22. The maximum absolute atomic E-state index is 4.21. The van der Waals surface area contributed by atoms with Crippen molar-refractivity contribution in [1.82, 2.24) is 19.9 Å². The maximum atomic E-state index is 4.21. The first kappa shape index (κ1) is 11.0. The zero-order valence-corrected chi connectivity index (χ0v) is 10.5. The van der Waals surface area contributed by atoms with E-state index in [0.29, 0.717) is 5.82 Å². The van der Waals surface area contributed by atoms with Gasteiger partial charge in [-0.1, -0.05) is 0 Å². The Morgan fingerprint density at radius 1 is 1.11 bits per heavy atom. The molecule has 0 spiro atoms. The van der Waals surface area contributed by atoms with Gasteiger partial charge in [0.25, 0.3) is 0 Å². The molecule has 0 amide bonds. The van der Waals surface area contributed by atoms with E-state index in [1.807, 2.05) is 12.1 Å². The normalized spacial score (nSPS) is 10.7. The van der Waals surface area contributed by atoms with Crippen molar-refractivity contribution in [3.8, 4) is 0 Å². The number of hydrogen-bond acceptors (Lipinski definition) is 5. The van der Waals surface area contributed by atoms with Crippen molar-refractivity contribution < 1.29 is 0 Å². The molecule has 0 fully saturated rings. The second-order valence-electron chi connectivity index (χ2n) is 3.68. The molecule has 5 nitrogen and oxygen atoms in total. The third kappa shape index (κ3) is 2.02. The first-order valence-corrected chi connectivity index (χ1v) is 6.64. The third-order valence-electron chi connectivity index (χ3n) is 2.57. The van der Waals surface area contributed by atoms with Gasteiger partial charge in [-0.05, 0) is 30.5 Å². The Kier molecular flexibility index (Phi) is 2.85. The lowest BCUT2D eigenvalue weighted by molar-refractivity contribution is 1.20. The molecule has 0 radical (unpaired) electrons. The number of H-pyrrole nitrogens is 1. The summed E-state index contributed by atoms with van der Waals surface area (Å²) in [5, 5.41) is 3.24. The van der Waals surface area contributed by atoms with Crippen LogP contribution < -0.4 is 5.32 Å². The molecule has 1 aromatic carbocycles. The number of fused-ring (bicyclic) bond motifs is 1. The van der Waals surface area contributed by atoms with Gasteiger partial charge in [-0.2, -0.15) is 0 Å². The van der Waals surface area contributed by atoms with Gasteiger partial charge in [0, 0.05) is 10.6 Å². The molecule has 0 atom stereocenters. The predicted octanol–water partition coefficient (Wildman–Crippen LogP) is 2.82. The van der Waals surface area contributed by atoms with E-state index in [0.717, 1.165) is 16.9 Å². The number of nitrogens with zero attached hydrogens (tertiary/aromatic N) is 3. The van der Waals surface area contributed by atoms with Crippen LogP contribution in [0.4, 0.5) is 11.5 Å². The third-order valence-corrected chi connectivity index (χ3v) is 3.31. The predicted molar refractivity (Wildman–Crippen MR) is 73.2 cm³/mol. The number of thioether (sulfide) groups is 1. The van der Waals surface area contributed by atoms with E-state index in [9.17, 15) is 0 Å². The summed E-state index contributed by atoms with van der Waals surface area (Å²) in [6, 6.07) is 8.17. The maximum Gasteiger partial charge on any atom is 0.162 e. The average molecular weight is 257 g/mol. The number of hydrogen-bond donors (Lipinski definition) is 2. The van der Waals surface area contributed by atoms with Crippen LogP contribution in [-0.2, 0) is 0 Å². The van der Waals surface area contributed by atoms with Crippen molar-refractivity contribution >= 4 is 34.4 Å². The Bertz CT molecular complexity index is 662. The molecule has 3 aromatic rings. The molecule has 0 unspecified atom stereocenters. The number of nitrogens with one attached hydrogen (secondary N) is 2. The lowest BCUT2D eigenvalue weighted by atomic mass is 10.3. The average Bonchev–Trinajstić information content (AvgIpc) is 2.89. The van der Waals surface area contributed by atoms with Crippen LogP contribution in [0.1, 0.15) is 0 Å². The summed E-state index contributed by atoms with van der Waals surface area (Å²) in [7, 11) is 0. The van der Waals surface area contributed by atoms with Crippen molar-refractivity contribution in [2.75, 3.05) is 11.6 Å². The van der Waals surface area contributed by atoms with Crippen molar-refractivity contribution in [3.63, 3.8) is 0 Å². The minimum absolute atomic E-state index is 0.707. The summed E-state index contributed by atoms with van der Waals surface area (Å²) < 4.78 is 0. The largest absolute Gasteiger partial charge is 0.338 e. The smallest absolute Gasteiger partial charge is 0.162 e. The standard InChI is InChI=1S/C12H11N5S/c1-18-9-4-2-8(3-5-9)17-12-10-11(14-6-13-10)15-7-16-12/h2-7H,1H3,(H2,13,14,15,16,17). The van der Waals surface area contributed by atoms with E-state index in [2.05, 4.69) is 43.6 Å². The van der Waals surface area contributed by atoms with E-state index in [4.69, 9.17) is 0 Å². The molecule has 2 N–H and O–H groups in total. The first-order chi connectivity index (χ1) is 8.86. The Hall–Kier alpha value is -2.08. The highest BCUT2D eigenvalue weighted by Gasteiger charge is 2.05. The number of rotatable bonds is 3. The molecular formula is C12H11N5S. The SMILES string of the molecule is CSc1ccc(Nc2ncnc3[nH]cnc23)cc1. The fourth-order valence-electron chi connectivity index (χ4n) is 1.67. The zero-order chi connectivity index (χ0) is 12.4. The molecule has 3 rings (SSSR count). The molecule has 6 heteroatoms. The number of aromatic nitrogens is 4. The van der Waals surface area contributed by atoms with Crippen molar-refractivity contribution in [2.45, 2.75) is 4.90 Å². The molecule has 2 heterocycles. The van der Waals surface area contributed by atoms with Gasteiger partial charge in [-0.25, -0.2) is 15.0 Å². The Balaban J connectivity index is 1.93. The van der Waals surface area contributed by atoms with E-state index in [1.54, 1.807) is 18.1 Å². The van der Waals surface area contributed by atoms with Crippen LogP contribution in [0.2, 0.25) is 0 Å². The molecule has 0 aliphatic carbocycles. The van der Waals surface area contributed by atoms with E-state index >= 15 is 0 Å². The van der Waals surface area contributed by atoms with Crippen LogP contribution in [0.5, 0.6) is 0 Å². The van der Waals surface area contributed by atoms with Crippen LogP contribution in [0.25, 0.3) is 11.2 Å². The molecule has 2 aromatic heterocycles. The molecule has 0 saturated carbocycles. The number of imidazole rings is 1. The lowest BCUT2D eigenvalue weighted by Gasteiger charge is -2.06. The minimum Gasteiger partial charge on any atom is -0.338 e. The van der Waals surface area contributed by atoms with Gasteiger partial charge in [-0.15, -0.1) is 11.8 Å². The Labute approximate surface area is 108 Å². The zero-order valence-electron chi connectivity index (χ0n) is 9.71. The van der Waals surface area contributed by atoms with Gasteiger partial charge in [0.15, 0.2) is 17.0 Å². The Morgan fingerprint density at radius 2 is 1.94 bits per heavy atom. The van der Waals surface area contributed by atoms with Gasteiger partial charge >= 0.3 is 0 Å². The highest BCUT2D eigenvalue weighted by molar-refractivity contribution is 7.98. The summed E-state index contributed by atoms with van der Waals surface area (Å²) in [6.45, 7) is 0. The van der Waals surface area contributed by atoms with Gasteiger partial charge in [0.05, 0.1) is 6.33 Å². The Morgan fingerprint density at radius 3 is 2.72 bits per heavy atom. The molecule has 18 heavy (non-hydrogen) atoms. The number of benzene rings is 1. The van der Waals surface area contributed by atoms with Crippen LogP contribution in [0, 0.1) is 0 Å². The summed E-state index contributed by atoms with van der Waals surface area (Å²) in [4.78, 5) is 16.7. The van der Waals surface area contributed by atoms with Gasteiger partial charge in [-0.3, -0.25) is 0 Å². The highest BCUT2D eigenvalue weighted by atomic mass is 32.2. The molecule has 0 saturated heterocycles. The summed E-state index contributed by atoms with van der Waals surface area (Å²) >= 11 is 1.72. The minimum atomic E-state index is 0.707. The quantitative estimate of drug-likeness (QED) is 0.706. The van der Waals surface area contributed by atoms with E-state index in [1.165, 1.54) is 11.2 Å². The topological polar surface area (TPSA) is 66.5 Å². The summed E-state index contributed by atoms with van der Waals surface area (Å²) in [5.74, 6) is 0.707. The lowest BCUT2D eigenvalue weighted by Crippen LogP contribution is -1.95.